The molecule has 3 aromatic rings. The number of rotatable bonds is 6. The van der Waals surface area contributed by atoms with E-state index in [-0.39, 0.29) is 12.1 Å². The molecule has 2 heterocycles. The van der Waals surface area contributed by atoms with Crippen molar-refractivity contribution in [2.24, 2.45) is 0 Å². The summed E-state index contributed by atoms with van der Waals surface area (Å²) in [6.07, 6.45) is 4.69. The summed E-state index contributed by atoms with van der Waals surface area (Å²) >= 11 is 7.59. The van der Waals surface area contributed by atoms with E-state index in [1.807, 2.05) is 35.1 Å². The number of thioether (sulfide) groups is 1. The van der Waals surface area contributed by atoms with Crippen LogP contribution in [0, 0.1) is 0 Å². The smallest absolute Gasteiger partial charge is 0.319 e. The first-order chi connectivity index (χ1) is 12.2. The van der Waals surface area contributed by atoms with E-state index < -0.39 is 0 Å². The third-order valence-electron chi connectivity index (χ3n) is 3.67. The van der Waals surface area contributed by atoms with Crippen LogP contribution < -0.4 is 10.6 Å². The Labute approximate surface area is 155 Å². The predicted molar refractivity (Wildman–Crippen MR) is 102 cm³/mol. The number of nitrogens with one attached hydrogen (secondary N) is 2. The summed E-state index contributed by atoms with van der Waals surface area (Å²) in [5, 5.41) is 14.9. The number of carbonyl (C=O) groups is 1. The fourth-order valence-corrected chi connectivity index (χ4v) is 3.06. The highest BCUT2D eigenvalue weighted by molar-refractivity contribution is 7.98. The second kappa shape index (κ2) is 8.22. The molecule has 3 rings (SSSR count). The number of urea groups is 1. The number of aromatic nitrogens is 3. The summed E-state index contributed by atoms with van der Waals surface area (Å²) in [4.78, 5) is 12.4. The minimum atomic E-state index is -0.291. The number of benzene rings is 1. The lowest BCUT2D eigenvalue weighted by Crippen LogP contribution is -2.34. The third-order valence-corrected chi connectivity index (χ3v) is 4.57. The van der Waals surface area contributed by atoms with Crippen molar-refractivity contribution >= 4 is 40.7 Å². The highest BCUT2D eigenvalue weighted by Crippen LogP contribution is 2.19. The molecule has 2 aromatic heterocycles. The van der Waals surface area contributed by atoms with Crippen LogP contribution in [0.4, 0.5) is 10.5 Å². The molecule has 25 heavy (non-hydrogen) atoms. The Hall–Kier alpha value is -2.25. The lowest BCUT2D eigenvalue weighted by Gasteiger charge is -2.17. The van der Waals surface area contributed by atoms with Crippen LogP contribution in [-0.2, 0) is 0 Å². The molecule has 0 fully saturated rings. The molecule has 2 amide bonds. The van der Waals surface area contributed by atoms with Gasteiger partial charge in [0.1, 0.15) is 0 Å². The van der Waals surface area contributed by atoms with Crippen LogP contribution >= 0.6 is 23.4 Å². The fourth-order valence-electron chi connectivity index (χ4n) is 2.46. The summed E-state index contributed by atoms with van der Waals surface area (Å²) in [6, 6.07) is 12.2. The Bertz CT molecular complexity index is 852. The van der Waals surface area contributed by atoms with Gasteiger partial charge in [0.25, 0.3) is 0 Å². The summed E-state index contributed by atoms with van der Waals surface area (Å²) < 4.78 is 1.90. The fraction of sp³-hybridized carbons (Fsp3) is 0.235. The van der Waals surface area contributed by atoms with Gasteiger partial charge >= 0.3 is 6.03 Å². The number of carbonyl (C=O) groups excluding carboxylic acids is 1. The van der Waals surface area contributed by atoms with Crippen LogP contribution in [-0.4, -0.2) is 32.6 Å². The van der Waals surface area contributed by atoms with Gasteiger partial charge in [-0.3, -0.25) is 4.40 Å². The summed E-state index contributed by atoms with van der Waals surface area (Å²) in [5.74, 6) is 1.61. The van der Waals surface area contributed by atoms with Crippen LogP contribution in [0.3, 0.4) is 0 Å². The lowest BCUT2D eigenvalue weighted by molar-refractivity contribution is 0.247. The molecule has 1 atom stereocenters. The zero-order valence-corrected chi connectivity index (χ0v) is 15.2. The zero-order valence-electron chi connectivity index (χ0n) is 13.6. The second-order valence-corrected chi connectivity index (χ2v) is 6.85. The van der Waals surface area contributed by atoms with Crippen LogP contribution in [0.5, 0.6) is 0 Å². The van der Waals surface area contributed by atoms with Gasteiger partial charge in [0.2, 0.25) is 0 Å². The monoisotopic (exact) mass is 375 g/mol. The van der Waals surface area contributed by atoms with Crippen molar-refractivity contribution in [3.63, 3.8) is 0 Å². The van der Waals surface area contributed by atoms with Gasteiger partial charge in [-0.1, -0.05) is 17.7 Å². The molecule has 2 N–H and O–H groups in total. The molecule has 1 unspecified atom stereocenters. The van der Waals surface area contributed by atoms with Crippen molar-refractivity contribution in [2.75, 3.05) is 17.3 Å². The van der Waals surface area contributed by atoms with E-state index in [0.29, 0.717) is 10.7 Å². The van der Waals surface area contributed by atoms with E-state index in [1.54, 1.807) is 36.0 Å². The van der Waals surface area contributed by atoms with E-state index in [0.717, 1.165) is 23.6 Å². The Morgan fingerprint density at radius 3 is 2.80 bits per heavy atom. The standard InChI is InChI=1S/C17H18ClN5OS/c1-25-11-9-14(16-22-21-15-4-2-3-10-23(15)16)20-17(24)19-13-7-5-12(18)6-8-13/h2-8,10,14H,9,11H2,1H3,(H2,19,20,24). The van der Waals surface area contributed by atoms with E-state index in [1.165, 1.54) is 0 Å². The van der Waals surface area contributed by atoms with Gasteiger partial charge in [-0.15, -0.1) is 10.2 Å². The first kappa shape index (κ1) is 17.6. The quantitative estimate of drug-likeness (QED) is 0.683. The number of hydrogen-bond acceptors (Lipinski definition) is 4. The predicted octanol–water partition coefficient (Wildman–Crippen LogP) is 4.00. The van der Waals surface area contributed by atoms with Crippen molar-refractivity contribution in [3.8, 4) is 0 Å². The number of nitrogens with zero attached hydrogens (tertiary/aromatic N) is 3. The molecule has 0 saturated carbocycles. The minimum absolute atomic E-state index is 0.239. The van der Waals surface area contributed by atoms with E-state index in [2.05, 4.69) is 20.8 Å². The maximum absolute atomic E-state index is 12.4. The van der Waals surface area contributed by atoms with Crippen LogP contribution in [0.15, 0.2) is 48.7 Å². The van der Waals surface area contributed by atoms with Gasteiger partial charge in [-0.25, -0.2) is 4.79 Å². The van der Waals surface area contributed by atoms with Gasteiger partial charge in [-0.05, 0) is 54.8 Å². The molecule has 0 aliphatic carbocycles. The summed E-state index contributed by atoms with van der Waals surface area (Å²) in [6.45, 7) is 0. The largest absolute Gasteiger partial charge is 0.328 e. The zero-order chi connectivity index (χ0) is 17.6. The van der Waals surface area contributed by atoms with Crippen molar-refractivity contribution in [2.45, 2.75) is 12.5 Å². The minimum Gasteiger partial charge on any atom is -0.328 e. The van der Waals surface area contributed by atoms with Crippen LogP contribution in [0.2, 0.25) is 5.02 Å². The topological polar surface area (TPSA) is 71.3 Å². The molecule has 6 nitrogen and oxygen atoms in total. The molecule has 0 aliphatic heterocycles. The maximum Gasteiger partial charge on any atom is 0.319 e. The Morgan fingerprint density at radius 1 is 1.24 bits per heavy atom. The first-order valence-corrected chi connectivity index (χ1v) is 9.56. The number of pyridine rings is 1. The van der Waals surface area contributed by atoms with Crippen LogP contribution in [0.1, 0.15) is 18.3 Å². The molecule has 0 spiro atoms. The molecule has 0 bridgehead atoms. The summed E-state index contributed by atoms with van der Waals surface area (Å²) in [7, 11) is 0. The number of anilines is 1. The van der Waals surface area contributed by atoms with Crippen LogP contribution in [0.25, 0.3) is 5.65 Å². The lowest BCUT2D eigenvalue weighted by atomic mass is 10.2. The van der Waals surface area contributed by atoms with Gasteiger partial charge < -0.3 is 10.6 Å². The molecular weight excluding hydrogens is 358 g/mol. The van der Waals surface area contributed by atoms with Crippen molar-refractivity contribution < 1.29 is 4.79 Å². The number of halogens is 1. The van der Waals surface area contributed by atoms with Crippen molar-refractivity contribution in [1.82, 2.24) is 19.9 Å². The van der Waals surface area contributed by atoms with Gasteiger partial charge in [0, 0.05) is 16.9 Å². The third kappa shape index (κ3) is 4.43. The Kier molecular flexibility index (Phi) is 5.78. The van der Waals surface area contributed by atoms with Crippen molar-refractivity contribution in [3.05, 3.63) is 59.5 Å². The normalized spacial score (nSPS) is 12.1. The molecule has 130 valence electrons. The maximum atomic E-state index is 12.4. The van der Waals surface area contributed by atoms with Gasteiger partial charge in [-0.2, -0.15) is 11.8 Å². The van der Waals surface area contributed by atoms with E-state index in [9.17, 15) is 4.79 Å². The number of fused-ring (bicyclic) bond motifs is 1. The van der Waals surface area contributed by atoms with Gasteiger partial charge in [0.15, 0.2) is 11.5 Å². The molecule has 1 aromatic carbocycles. The van der Waals surface area contributed by atoms with E-state index in [4.69, 9.17) is 11.6 Å². The number of hydrogen-bond donors (Lipinski definition) is 2. The second-order valence-electron chi connectivity index (χ2n) is 5.43. The van der Waals surface area contributed by atoms with Gasteiger partial charge in [0.05, 0.1) is 6.04 Å². The highest BCUT2D eigenvalue weighted by atomic mass is 35.5. The average molecular weight is 376 g/mol. The highest BCUT2D eigenvalue weighted by Gasteiger charge is 2.20. The molecule has 0 saturated heterocycles. The SMILES string of the molecule is CSCCC(NC(=O)Nc1ccc(Cl)cc1)c1nnc2ccccn12. The van der Waals surface area contributed by atoms with E-state index >= 15 is 0 Å². The molecule has 0 aliphatic rings. The molecular formula is C17H18ClN5OS. The molecule has 0 radical (unpaired) electrons. The first-order valence-electron chi connectivity index (χ1n) is 7.79. The average Bonchev–Trinajstić information content (AvgIpc) is 3.04. The van der Waals surface area contributed by atoms with Crippen molar-refractivity contribution in [1.29, 1.82) is 0 Å². The number of amides is 2. The Morgan fingerprint density at radius 2 is 2.04 bits per heavy atom. The molecule has 8 heteroatoms. The Balaban J connectivity index is 1.76. The summed E-state index contributed by atoms with van der Waals surface area (Å²) in [5.41, 5.74) is 1.43.